The lowest BCUT2D eigenvalue weighted by atomic mass is 9.57. The highest BCUT2D eigenvalue weighted by atomic mass is 15.1. The first kappa shape index (κ1) is 6.68. The second-order valence-corrected chi connectivity index (χ2v) is 3.91. The number of rotatable bonds is 1. The molecule has 0 unspecified atom stereocenters. The molecular weight excluding hydrogens is 123 g/mol. The fraction of sp³-hybridized carbons (Fsp3) is 1.00. The van der Waals surface area contributed by atoms with Gasteiger partial charge < -0.3 is 10.5 Å². The van der Waals surface area contributed by atoms with Crippen molar-refractivity contribution in [3.63, 3.8) is 0 Å². The lowest BCUT2D eigenvalue weighted by molar-refractivity contribution is -0.0489. The zero-order valence-corrected chi connectivity index (χ0v) is 6.21. The molecule has 1 saturated carbocycles. The monoisotopic (exact) mass is 136 g/mol. The third-order valence-electron chi connectivity index (χ3n) is 2.85. The van der Waals surface area contributed by atoms with Crippen LogP contribution in [0, 0.1) is 11.3 Å². The van der Waals surface area contributed by atoms with Gasteiger partial charge in [-0.2, -0.15) is 0 Å². The Hall–Kier alpha value is -0.0151. The van der Waals surface area contributed by atoms with Gasteiger partial charge >= 0.3 is 0 Å². The molecule has 2 fully saturated rings. The normalized spacial score (nSPS) is 31.7. The average Bonchev–Trinajstić information content (AvgIpc) is 1.74. The first-order valence-electron chi connectivity index (χ1n) is 3.94. The van der Waals surface area contributed by atoms with Crippen LogP contribution in [0.25, 0.3) is 0 Å². The van der Waals surface area contributed by atoms with Crippen LogP contribution in [0.2, 0.25) is 0 Å². The lowest BCUT2D eigenvalue weighted by Crippen LogP contribution is -2.62. The zero-order chi connectivity index (χ0) is 7.19. The van der Waals surface area contributed by atoms with Crippen molar-refractivity contribution in [2.24, 2.45) is 17.1 Å². The second kappa shape index (κ2) is 1.99. The Morgan fingerprint density at radius 1 is 1.50 bits per heavy atom. The van der Waals surface area contributed by atoms with Gasteiger partial charge in [-0.1, -0.05) is 0 Å². The highest BCUT2D eigenvalue weighted by Crippen LogP contribution is 2.50. The van der Waals surface area contributed by atoms with Crippen molar-refractivity contribution < 1.29 is 0 Å². The SMILES string of the molecule is [B]N1CC2(CC(CN)C2)C1. The summed E-state index contributed by atoms with van der Waals surface area (Å²) in [5, 5.41) is 0. The van der Waals surface area contributed by atoms with Gasteiger partial charge in [0.2, 0.25) is 0 Å². The van der Waals surface area contributed by atoms with Crippen molar-refractivity contribution >= 4 is 7.98 Å². The summed E-state index contributed by atoms with van der Waals surface area (Å²) in [6, 6.07) is 0. The van der Waals surface area contributed by atoms with Crippen molar-refractivity contribution in [1.82, 2.24) is 4.81 Å². The van der Waals surface area contributed by atoms with Gasteiger partial charge in [-0.05, 0) is 43.8 Å². The van der Waals surface area contributed by atoms with E-state index in [-0.39, 0.29) is 0 Å². The minimum Gasteiger partial charge on any atom is -0.352 e. The van der Waals surface area contributed by atoms with E-state index in [1.54, 1.807) is 0 Å². The Kier molecular flexibility index (Phi) is 1.33. The minimum atomic E-state index is 0.610. The maximum Gasteiger partial charge on any atom is 0.182 e. The summed E-state index contributed by atoms with van der Waals surface area (Å²) < 4.78 is 0. The fourth-order valence-corrected chi connectivity index (χ4v) is 2.41. The van der Waals surface area contributed by atoms with E-state index in [4.69, 9.17) is 13.7 Å². The number of nitrogens with zero attached hydrogens (tertiary/aromatic N) is 1. The van der Waals surface area contributed by atoms with Crippen LogP contribution in [0.3, 0.4) is 0 Å². The predicted octanol–water partition coefficient (Wildman–Crippen LogP) is -0.259. The van der Waals surface area contributed by atoms with Crippen molar-refractivity contribution in [1.29, 1.82) is 0 Å². The summed E-state index contributed by atoms with van der Waals surface area (Å²) in [7, 11) is 5.55. The molecule has 54 valence electrons. The molecule has 0 amide bonds. The maximum atomic E-state index is 5.55. The largest absolute Gasteiger partial charge is 0.352 e. The van der Waals surface area contributed by atoms with Gasteiger partial charge in [-0.3, -0.25) is 0 Å². The Bertz CT molecular complexity index is 135. The molecule has 2 rings (SSSR count). The molecule has 1 spiro atoms. The number of nitrogens with two attached hydrogens (primary N) is 1. The van der Waals surface area contributed by atoms with Gasteiger partial charge in [0.1, 0.15) is 0 Å². The molecule has 1 aliphatic heterocycles. The van der Waals surface area contributed by atoms with Crippen LogP contribution in [0.4, 0.5) is 0 Å². The smallest absolute Gasteiger partial charge is 0.182 e. The lowest BCUT2D eigenvalue weighted by Gasteiger charge is -2.59. The van der Waals surface area contributed by atoms with E-state index in [2.05, 4.69) is 0 Å². The average molecular weight is 136 g/mol. The van der Waals surface area contributed by atoms with Crippen LogP contribution >= 0.6 is 0 Å². The summed E-state index contributed by atoms with van der Waals surface area (Å²) in [6.45, 7) is 3.07. The molecule has 0 aromatic rings. The number of hydrogen-bond donors (Lipinski definition) is 1. The molecule has 0 atom stereocenters. The van der Waals surface area contributed by atoms with Crippen molar-refractivity contribution in [3.05, 3.63) is 0 Å². The van der Waals surface area contributed by atoms with E-state index in [0.717, 1.165) is 25.6 Å². The summed E-state index contributed by atoms with van der Waals surface area (Å²) in [6.07, 6.45) is 2.63. The van der Waals surface area contributed by atoms with Crippen molar-refractivity contribution in [2.45, 2.75) is 12.8 Å². The summed E-state index contributed by atoms with van der Waals surface area (Å²) in [5.41, 5.74) is 6.13. The van der Waals surface area contributed by atoms with Crippen LogP contribution in [0.1, 0.15) is 12.8 Å². The van der Waals surface area contributed by atoms with E-state index >= 15 is 0 Å². The molecule has 1 heterocycles. The van der Waals surface area contributed by atoms with Crippen LogP contribution in [0.5, 0.6) is 0 Å². The summed E-state index contributed by atoms with van der Waals surface area (Å²) in [4.78, 5) is 1.90. The van der Waals surface area contributed by atoms with Gasteiger partial charge in [0.05, 0.1) is 0 Å². The molecule has 2 radical (unpaired) electrons. The van der Waals surface area contributed by atoms with Gasteiger partial charge in [-0.25, -0.2) is 0 Å². The molecular formula is C7H13BN2. The highest BCUT2D eigenvalue weighted by Gasteiger charge is 2.49. The summed E-state index contributed by atoms with van der Waals surface area (Å²) >= 11 is 0. The maximum absolute atomic E-state index is 5.55. The Morgan fingerprint density at radius 2 is 2.10 bits per heavy atom. The van der Waals surface area contributed by atoms with E-state index in [1.165, 1.54) is 12.8 Å². The standard InChI is InChI=1S/C7H13BN2/c8-10-4-7(5-10)1-6(2-7)3-9/h6H,1-5,9H2. The highest BCUT2D eigenvalue weighted by molar-refractivity contribution is 6.05. The molecule has 2 nitrogen and oxygen atoms in total. The zero-order valence-electron chi connectivity index (χ0n) is 6.21. The Labute approximate surface area is 63.2 Å². The first-order valence-corrected chi connectivity index (χ1v) is 3.94. The van der Waals surface area contributed by atoms with Gasteiger partial charge in [0, 0.05) is 0 Å². The van der Waals surface area contributed by atoms with Crippen molar-refractivity contribution in [3.8, 4) is 0 Å². The van der Waals surface area contributed by atoms with Gasteiger partial charge in [0.15, 0.2) is 7.98 Å². The van der Waals surface area contributed by atoms with Gasteiger partial charge in [0.25, 0.3) is 0 Å². The summed E-state index contributed by atoms with van der Waals surface area (Å²) in [5.74, 6) is 0.800. The van der Waals surface area contributed by atoms with Crippen LogP contribution < -0.4 is 5.73 Å². The molecule has 2 N–H and O–H groups in total. The first-order chi connectivity index (χ1) is 4.74. The van der Waals surface area contributed by atoms with E-state index in [0.29, 0.717) is 5.41 Å². The van der Waals surface area contributed by atoms with E-state index < -0.39 is 0 Å². The molecule has 2 aliphatic rings. The second-order valence-electron chi connectivity index (χ2n) is 3.91. The van der Waals surface area contributed by atoms with Crippen molar-refractivity contribution in [2.75, 3.05) is 19.6 Å². The molecule has 10 heavy (non-hydrogen) atoms. The molecule has 1 aliphatic carbocycles. The third-order valence-corrected chi connectivity index (χ3v) is 2.85. The van der Waals surface area contributed by atoms with Gasteiger partial charge in [-0.15, -0.1) is 0 Å². The van der Waals surface area contributed by atoms with E-state index in [9.17, 15) is 0 Å². The molecule has 3 heteroatoms. The fourth-order valence-electron chi connectivity index (χ4n) is 2.41. The molecule has 1 saturated heterocycles. The molecule has 0 aromatic carbocycles. The molecule has 0 bridgehead atoms. The Morgan fingerprint density at radius 3 is 2.50 bits per heavy atom. The van der Waals surface area contributed by atoms with Crippen LogP contribution in [-0.4, -0.2) is 32.4 Å². The minimum absolute atomic E-state index is 0.610. The third kappa shape index (κ3) is 0.806. The Balaban J connectivity index is 1.80. The van der Waals surface area contributed by atoms with Crippen LogP contribution in [0.15, 0.2) is 0 Å². The molecule has 0 aromatic heterocycles. The quantitative estimate of drug-likeness (QED) is 0.503. The van der Waals surface area contributed by atoms with E-state index in [1.807, 2.05) is 4.81 Å². The van der Waals surface area contributed by atoms with Crippen LogP contribution in [-0.2, 0) is 0 Å². The predicted molar refractivity (Wildman–Crippen MR) is 41.5 cm³/mol. The topological polar surface area (TPSA) is 29.3 Å². The number of hydrogen-bond acceptors (Lipinski definition) is 2.